The lowest BCUT2D eigenvalue weighted by Crippen LogP contribution is -2.36. The predicted octanol–water partition coefficient (Wildman–Crippen LogP) is 2.08. The Hall–Kier alpha value is -1.02. The van der Waals surface area contributed by atoms with Crippen LogP contribution in [0.4, 0.5) is 0 Å². The Bertz CT molecular complexity index is 294. The zero-order valence-electron chi connectivity index (χ0n) is 8.37. The summed E-state index contributed by atoms with van der Waals surface area (Å²) in [6, 6.07) is 8.30. The molecule has 0 unspecified atom stereocenters. The van der Waals surface area contributed by atoms with Gasteiger partial charge in [-0.05, 0) is 37.4 Å². The molecule has 2 N–H and O–H groups in total. The molecule has 2 heteroatoms. The summed E-state index contributed by atoms with van der Waals surface area (Å²) < 4.78 is 0. The Morgan fingerprint density at radius 2 is 2.07 bits per heavy atom. The highest BCUT2D eigenvalue weighted by atomic mass is 16.3. The number of phenolic OH excluding ortho intramolecular Hbond substituents is 1. The number of phenols is 1. The first-order valence-electron chi connectivity index (χ1n) is 5.36. The van der Waals surface area contributed by atoms with Crippen molar-refractivity contribution in [2.75, 3.05) is 6.54 Å². The Morgan fingerprint density at radius 1 is 1.29 bits per heavy atom. The summed E-state index contributed by atoms with van der Waals surface area (Å²) in [6.07, 6.45) is 4.93. The molecule has 1 aliphatic carbocycles. The van der Waals surface area contributed by atoms with E-state index in [1.54, 1.807) is 6.07 Å². The van der Waals surface area contributed by atoms with Crippen LogP contribution in [-0.2, 0) is 6.42 Å². The van der Waals surface area contributed by atoms with Crippen molar-refractivity contribution < 1.29 is 5.11 Å². The van der Waals surface area contributed by atoms with E-state index in [4.69, 9.17) is 0 Å². The minimum atomic E-state index is 0.419. The van der Waals surface area contributed by atoms with Gasteiger partial charge in [0.2, 0.25) is 0 Å². The summed E-state index contributed by atoms with van der Waals surface area (Å²) in [5.41, 5.74) is 1.04. The average Bonchev–Trinajstić information content (AvgIpc) is 2.12. The van der Waals surface area contributed by atoms with Gasteiger partial charge in [0.15, 0.2) is 0 Å². The molecule has 76 valence electrons. The van der Waals surface area contributed by atoms with Crippen LogP contribution in [-0.4, -0.2) is 17.7 Å². The third kappa shape index (κ3) is 2.26. The van der Waals surface area contributed by atoms with Crippen LogP contribution in [0, 0.1) is 0 Å². The first kappa shape index (κ1) is 9.53. The van der Waals surface area contributed by atoms with E-state index in [0.717, 1.165) is 24.6 Å². The Labute approximate surface area is 85.0 Å². The zero-order valence-corrected chi connectivity index (χ0v) is 8.37. The third-order valence-corrected chi connectivity index (χ3v) is 2.92. The van der Waals surface area contributed by atoms with Gasteiger partial charge in [0.05, 0.1) is 0 Å². The Balaban J connectivity index is 1.76. The van der Waals surface area contributed by atoms with Gasteiger partial charge in [-0.25, -0.2) is 0 Å². The van der Waals surface area contributed by atoms with Gasteiger partial charge in [0.25, 0.3) is 0 Å². The van der Waals surface area contributed by atoms with Crippen LogP contribution < -0.4 is 5.32 Å². The number of aromatic hydroxyl groups is 1. The number of nitrogens with one attached hydrogen (secondary N) is 1. The standard InChI is InChI=1S/C12H17NO/c14-12-7-2-1-4-10(12)8-9-13-11-5-3-6-11/h1-2,4,7,11,13-14H,3,5-6,8-9H2. The minimum Gasteiger partial charge on any atom is -0.508 e. The fraction of sp³-hybridized carbons (Fsp3) is 0.500. The van der Waals surface area contributed by atoms with Crippen LogP contribution in [0.25, 0.3) is 0 Å². The maximum atomic E-state index is 9.52. The van der Waals surface area contributed by atoms with Crippen LogP contribution in [0.5, 0.6) is 5.75 Å². The molecule has 1 fully saturated rings. The van der Waals surface area contributed by atoms with Crippen LogP contribution in [0.2, 0.25) is 0 Å². The maximum Gasteiger partial charge on any atom is 0.118 e. The first-order chi connectivity index (χ1) is 6.86. The molecule has 2 rings (SSSR count). The van der Waals surface area contributed by atoms with Crippen LogP contribution in [0.15, 0.2) is 24.3 Å². The minimum absolute atomic E-state index is 0.419. The van der Waals surface area contributed by atoms with E-state index >= 15 is 0 Å². The molecule has 0 radical (unpaired) electrons. The van der Waals surface area contributed by atoms with Crippen molar-refractivity contribution in [2.24, 2.45) is 0 Å². The number of rotatable bonds is 4. The van der Waals surface area contributed by atoms with Crippen molar-refractivity contribution in [2.45, 2.75) is 31.7 Å². The van der Waals surface area contributed by atoms with Crippen molar-refractivity contribution in [3.05, 3.63) is 29.8 Å². The molecule has 14 heavy (non-hydrogen) atoms. The number of hydrogen-bond donors (Lipinski definition) is 2. The molecule has 0 spiro atoms. The molecule has 1 aliphatic rings. The van der Waals surface area contributed by atoms with Gasteiger partial charge < -0.3 is 10.4 Å². The number of para-hydroxylation sites is 1. The molecule has 1 saturated carbocycles. The molecule has 1 aromatic carbocycles. The maximum absolute atomic E-state index is 9.52. The fourth-order valence-corrected chi connectivity index (χ4v) is 1.75. The Morgan fingerprint density at radius 3 is 2.71 bits per heavy atom. The smallest absolute Gasteiger partial charge is 0.118 e. The number of benzene rings is 1. The third-order valence-electron chi connectivity index (χ3n) is 2.92. The van der Waals surface area contributed by atoms with Crippen molar-refractivity contribution in [1.82, 2.24) is 5.32 Å². The second-order valence-electron chi connectivity index (χ2n) is 3.96. The second kappa shape index (κ2) is 4.47. The highest BCUT2D eigenvalue weighted by Crippen LogP contribution is 2.19. The topological polar surface area (TPSA) is 32.3 Å². The summed E-state index contributed by atoms with van der Waals surface area (Å²) >= 11 is 0. The first-order valence-corrected chi connectivity index (χ1v) is 5.36. The van der Waals surface area contributed by atoms with Gasteiger partial charge >= 0.3 is 0 Å². The molecule has 2 nitrogen and oxygen atoms in total. The summed E-state index contributed by atoms with van der Waals surface area (Å²) in [6.45, 7) is 0.974. The van der Waals surface area contributed by atoms with E-state index in [2.05, 4.69) is 5.32 Å². The highest BCUT2D eigenvalue weighted by Gasteiger charge is 2.15. The van der Waals surface area contributed by atoms with Crippen LogP contribution in [0.3, 0.4) is 0 Å². The van der Waals surface area contributed by atoms with E-state index in [1.165, 1.54) is 19.3 Å². The molecule has 0 atom stereocenters. The van der Waals surface area contributed by atoms with E-state index in [0.29, 0.717) is 5.75 Å². The van der Waals surface area contributed by atoms with E-state index in [1.807, 2.05) is 18.2 Å². The van der Waals surface area contributed by atoms with Gasteiger partial charge in [-0.3, -0.25) is 0 Å². The molecule has 0 amide bonds. The van der Waals surface area contributed by atoms with Crippen molar-refractivity contribution in [3.63, 3.8) is 0 Å². The normalized spacial score (nSPS) is 16.6. The summed E-state index contributed by atoms with van der Waals surface area (Å²) in [4.78, 5) is 0. The molecule has 0 aliphatic heterocycles. The SMILES string of the molecule is Oc1ccccc1CCNC1CCC1. The fourth-order valence-electron chi connectivity index (χ4n) is 1.75. The van der Waals surface area contributed by atoms with E-state index in [9.17, 15) is 5.11 Å². The monoisotopic (exact) mass is 191 g/mol. The highest BCUT2D eigenvalue weighted by molar-refractivity contribution is 5.31. The van der Waals surface area contributed by atoms with Crippen LogP contribution >= 0.6 is 0 Å². The van der Waals surface area contributed by atoms with Gasteiger partial charge in [0.1, 0.15) is 5.75 Å². The largest absolute Gasteiger partial charge is 0.508 e. The van der Waals surface area contributed by atoms with Gasteiger partial charge in [-0.1, -0.05) is 24.6 Å². The molecular formula is C12H17NO. The lowest BCUT2D eigenvalue weighted by Gasteiger charge is -2.26. The zero-order chi connectivity index (χ0) is 9.80. The molecule has 0 heterocycles. The lowest BCUT2D eigenvalue weighted by atomic mass is 9.93. The molecule has 0 saturated heterocycles. The van der Waals surface area contributed by atoms with Crippen molar-refractivity contribution in [3.8, 4) is 5.75 Å². The summed E-state index contributed by atoms with van der Waals surface area (Å²) in [5, 5.41) is 13.0. The molecule has 1 aromatic rings. The van der Waals surface area contributed by atoms with E-state index in [-0.39, 0.29) is 0 Å². The quantitative estimate of drug-likeness (QED) is 0.763. The Kier molecular flexibility index (Phi) is 3.04. The van der Waals surface area contributed by atoms with Gasteiger partial charge in [-0.15, -0.1) is 0 Å². The molecule has 0 aromatic heterocycles. The van der Waals surface area contributed by atoms with Gasteiger partial charge in [-0.2, -0.15) is 0 Å². The van der Waals surface area contributed by atoms with E-state index < -0.39 is 0 Å². The molecule has 0 bridgehead atoms. The van der Waals surface area contributed by atoms with Crippen molar-refractivity contribution in [1.29, 1.82) is 0 Å². The summed E-state index contributed by atoms with van der Waals surface area (Å²) in [5.74, 6) is 0.419. The second-order valence-corrected chi connectivity index (χ2v) is 3.96. The van der Waals surface area contributed by atoms with Gasteiger partial charge in [0, 0.05) is 6.04 Å². The average molecular weight is 191 g/mol. The predicted molar refractivity (Wildman–Crippen MR) is 57.5 cm³/mol. The molecular weight excluding hydrogens is 174 g/mol. The number of hydrogen-bond acceptors (Lipinski definition) is 2. The summed E-state index contributed by atoms with van der Waals surface area (Å²) in [7, 11) is 0. The van der Waals surface area contributed by atoms with Crippen LogP contribution in [0.1, 0.15) is 24.8 Å². The lowest BCUT2D eigenvalue weighted by molar-refractivity contribution is 0.341. The van der Waals surface area contributed by atoms with Crippen molar-refractivity contribution >= 4 is 0 Å².